The fourth-order valence-corrected chi connectivity index (χ4v) is 4.57. The van der Waals surface area contributed by atoms with Crippen LogP contribution in [0.5, 0.6) is 0 Å². The molecule has 3 unspecified atom stereocenters. The molecule has 2 fully saturated rings. The van der Waals surface area contributed by atoms with E-state index < -0.39 is 0 Å². The summed E-state index contributed by atoms with van der Waals surface area (Å²) >= 11 is 6.18. The lowest BCUT2D eigenvalue weighted by Crippen LogP contribution is -2.29. The first-order valence-electron chi connectivity index (χ1n) is 8.37. The van der Waals surface area contributed by atoms with Gasteiger partial charge in [0, 0.05) is 30.8 Å². The van der Waals surface area contributed by atoms with E-state index in [-0.39, 0.29) is 0 Å². The maximum Gasteiger partial charge on any atom is 0.0410 e. The number of hydrogen-bond acceptors (Lipinski definition) is 2. The Morgan fingerprint density at radius 2 is 2.14 bits per heavy atom. The van der Waals surface area contributed by atoms with E-state index in [2.05, 4.69) is 36.3 Å². The lowest BCUT2D eigenvalue weighted by molar-refractivity contribution is 0.337. The van der Waals surface area contributed by atoms with Crippen LogP contribution in [0.2, 0.25) is 5.02 Å². The van der Waals surface area contributed by atoms with E-state index in [4.69, 9.17) is 11.6 Å². The maximum absolute atomic E-state index is 6.18. The van der Waals surface area contributed by atoms with E-state index in [1.54, 1.807) is 0 Å². The zero-order chi connectivity index (χ0) is 14.8. The summed E-state index contributed by atoms with van der Waals surface area (Å²) in [5, 5.41) is 4.26. The third-order valence-corrected chi connectivity index (χ3v) is 5.65. The monoisotopic (exact) mass is 306 g/mol. The molecule has 2 bridgehead atoms. The number of hydrogen-bond donors (Lipinski definition) is 1. The highest BCUT2D eigenvalue weighted by Gasteiger charge is 2.39. The van der Waals surface area contributed by atoms with Crippen LogP contribution in [0, 0.1) is 17.8 Å². The number of nitrogens with one attached hydrogen (secondary N) is 1. The van der Waals surface area contributed by atoms with Crippen LogP contribution in [-0.2, 0) is 6.54 Å². The SMILES string of the molecule is CCNCc1cc(Cl)ccc1N(C)CC1CC2CCC1C2. The molecule has 0 spiro atoms. The Morgan fingerprint density at radius 1 is 1.29 bits per heavy atom. The van der Waals surface area contributed by atoms with E-state index in [0.29, 0.717) is 0 Å². The first-order chi connectivity index (χ1) is 10.2. The zero-order valence-corrected chi connectivity index (χ0v) is 14.0. The number of rotatable bonds is 6. The van der Waals surface area contributed by atoms with Crippen LogP contribution in [0.25, 0.3) is 0 Å². The van der Waals surface area contributed by atoms with Crippen molar-refractivity contribution in [2.24, 2.45) is 17.8 Å². The van der Waals surface area contributed by atoms with Crippen molar-refractivity contribution < 1.29 is 0 Å². The molecule has 2 nitrogen and oxygen atoms in total. The van der Waals surface area contributed by atoms with E-state index in [0.717, 1.165) is 35.9 Å². The lowest BCUT2D eigenvalue weighted by Gasteiger charge is -2.30. The number of anilines is 1. The maximum atomic E-state index is 6.18. The molecule has 2 saturated carbocycles. The van der Waals surface area contributed by atoms with Crippen LogP contribution >= 0.6 is 11.6 Å². The molecule has 3 rings (SSSR count). The largest absolute Gasteiger partial charge is 0.374 e. The molecule has 21 heavy (non-hydrogen) atoms. The van der Waals surface area contributed by atoms with E-state index in [1.807, 2.05) is 6.07 Å². The smallest absolute Gasteiger partial charge is 0.0410 e. The van der Waals surface area contributed by atoms with Crippen molar-refractivity contribution in [3.05, 3.63) is 28.8 Å². The minimum Gasteiger partial charge on any atom is -0.374 e. The van der Waals surface area contributed by atoms with Crippen molar-refractivity contribution in [1.82, 2.24) is 5.32 Å². The minimum atomic E-state index is 0.833. The van der Waals surface area contributed by atoms with Crippen LogP contribution in [0.15, 0.2) is 18.2 Å². The highest BCUT2D eigenvalue weighted by molar-refractivity contribution is 6.30. The first kappa shape index (κ1) is 15.2. The molecule has 3 atom stereocenters. The van der Waals surface area contributed by atoms with Crippen molar-refractivity contribution >= 4 is 17.3 Å². The van der Waals surface area contributed by atoms with Crippen LogP contribution in [0.3, 0.4) is 0 Å². The number of nitrogens with zero attached hydrogens (tertiary/aromatic N) is 1. The minimum absolute atomic E-state index is 0.833. The first-order valence-corrected chi connectivity index (χ1v) is 8.75. The third kappa shape index (κ3) is 3.37. The van der Waals surface area contributed by atoms with Gasteiger partial charge in [-0.1, -0.05) is 24.9 Å². The average molecular weight is 307 g/mol. The van der Waals surface area contributed by atoms with Gasteiger partial charge in [-0.25, -0.2) is 0 Å². The van der Waals surface area contributed by atoms with Gasteiger partial charge in [0.25, 0.3) is 0 Å². The molecule has 2 aliphatic carbocycles. The summed E-state index contributed by atoms with van der Waals surface area (Å²) in [5.74, 6) is 2.92. The van der Waals surface area contributed by atoms with Gasteiger partial charge in [0.2, 0.25) is 0 Å². The lowest BCUT2D eigenvalue weighted by atomic mass is 9.88. The standard InChI is InChI=1S/C18H27ClN2/c1-3-20-11-15-10-17(19)6-7-18(15)21(2)12-16-9-13-4-5-14(16)8-13/h6-7,10,13-14,16,20H,3-5,8-9,11-12H2,1-2H3. The molecule has 0 heterocycles. The van der Waals surface area contributed by atoms with Crippen molar-refractivity contribution in [2.45, 2.75) is 39.2 Å². The second kappa shape index (κ2) is 6.58. The van der Waals surface area contributed by atoms with Crippen LogP contribution < -0.4 is 10.2 Å². The van der Waals surface area contributed by atoms with E-state index in [9.17, 15) is 0 Å². The number of benzene rings is 1. The summed E-state index contributed by atoms with van der Waals surface area (Å²) in [6.07, 6.45) is 5.89. The summed E-state index contributed by atoms with van der Waals surface area (Å²) in [6.45, 7) is 5.22. The number of fused-ring (bicyclic) bond motifs is 2. The molecule has 0 radical (unpaired) electrons. The van der Waals surface area contributed by atoms with Crippen molar-refractivity contribution in [3.63, 3.8) is 0 Å². The molecule has 1 N–H and O–H groups in total. The fourth-order valence-electron chi connectivity index (χ4n) is 4.38. The topological polar surface area (TPSA) is 15.3 Å². The molecular formula is C18H27ClN2. The Balaban J connectivity index is 1.69. The van der Waals surface area contributed by atoms with Crippen LogP contribution in [-0.4, -0.2) is 20.1 Å². The predicted molar refractivity (Wildman–Crippen MR) is 91.0 cm³/mol. The Kier molecular flexibility index (Phi) is 4.75. The molecule has 1 aromatic rings. The highest BCUT2D eigenvalue weighted by Crippen LogP contribution is 2.48. The van der Waals surface area contributed by atoms with Gasteiger partial charge < -0.3 is 10.2 Å². The van der Waals surface area contributed by atoms with E-state index in [1.165, 1.54) is 43.5 Å². The molecule has 0 saturated heterocycles. The zero-order valence-electron chi connectivity index (χ0n) is 13.2. The molecule has 0 amide bonds. The van der Waals surface area contributed by atoms with Gasteiger partial charge in [-0.3, -0.25) is 0 Å². The molecule has 0 aromatic heterocycles. The van der Waals surface area contributed by atoms with Crippen molar-refractivity contribution in [1.29, 1.82) is 0 Å². The van der Waals surface area contributed by atoms with Gasteiger partial charge in [0.05, 0.1) is 0 Å². The highest BCUT2D eigenvalue weighted by atomic mass is 35.5. The van der Waals surface area contributed by atoms with E-state index >= 15 is 0 Å². The van der Waals surface area contributed by atoms with Gasteiger partial charge in [0.15, 0.2) is 0 Å². The van der Waals surface area contributed by atoms with Gasteiger partial charge in [-0.15, -0.1) is 0 Å². The fraction of sp³-hybridized carbons (Fsp3) is 0.667. The molecule has 3 heteroatoms. The van der Waals surface area contributed by atoms with Gasteiger partial charge in [-0.2, -0.15) is 0 Å². The van der Waals surface area contributed by atoms with Crippen LogP contribution in [0.1, 0.15) is 38.2 Å². The summed E-state index contributed by atoms with van der Waals surface area (Å²) in [4.78, 5) is 2.45. The Bertz CT molecular complexity index is 488. The predicted octanol–water partition coefficient (Wildman–Crippen LogP) is 4.32. The summed E-state index contributed by atoms with van der Waals surface area (Å²) in [5.41, 5.74) is 2.65. The molecule has 2 aliphatic rings. The van der Waals surface area contributed by atoms with Gasteiger partial charge in [0.1, 0.15) is 0 Å². The van der Waals surface area contributed by atoms with Crippen molar-refractivity contribution in [2.75, 3.05) is 25.0 Å². The second-order valence-electron chi connectivity index (χ2n) is 6.87. The molecule has 1 aromatic carbocycles. The Morgan fingerprint density at radius 3 is 2.81 bits per heavy atom. The normalized spacial score (nSPS) is 27.3. The molecule has 0 aliphatic heterocycles. The van der Waals surface area contributed by atoms with Crippen molar-refractivity contribution in [3.8, 4) is 0 Å². The van der Waals surface area contributed by atoms with Gasteiger partial charge >= 0.3 is 0 Å². The summed E-state index contributed by atoms with van der Waals surface area (Å²) in [7, 11) is 2.24. The second-order valence-corrected chi connectivity index (χ2v) is 7.31. The van der Waals surface area contributed by atoms with Gasteiger partial charge in [-0.05, 0) is 67.3 Å². The number of halogens is 1. The van der Waals surface area contributed by atoms with Crippen LogP contribution in [0.4, 0.5) is 5.69 Å². The third-order valence-electron chi connectivity index (χ3n) is 5.41. The average Bonchev–Trinajstić information content (AvgIpc) is 3.07. The quantitative estimate of drug-likeness (QED) is 0.842. The Labute approximate surface area is 133 Å². The summed E-state index contributed by atoms with van der Waals surface area (Å²) in [6, 6.07) is 6.31. The Hall–Kier alpha value is -0.730. The molecular weight excluding hydrogens is 280 g/mol. The molecule has 116 valence electrons. The summed E-state index contributed by atoms with van der Waals surface area (Å²) < 4.78 is 0.